The van der Waals surface area contributed by atoms with Gasteiger partial charge in [-0.05, 0) is 93.4 Å². The van der Waals surface area contributed by atoms with Gasteiger partial charge < -0.3 is 14.5 Å². The predicted molar refractivity (Wildman–Crippen MR) is 144 cm³/mol. The molecule has 2 saturated heterocycles. The maximum absolute atomic E-state index is 6.04. The summed E-state index contributed by atoms with van der Waals surface area (Å²) in [5.41, 5.74) is 5.18. The van der Waals surface area contributed by atoms with Crippen molar-refractivity contribution in [2.75, 3.05) is 55.6 Å². The van der Waals surface area contributed by atoms with E-state index in [0.717, 1.165) is 19.0 Å². The minimum atomic E-state index is 0.302. The van der Waals surface area contributed by atoms with E-state index in [1.54, 1.807) is 5.56 Å². The quantitative estimate of drug-likeness (QED) is 0.469. The number of benzene rings is 1. The van der Waals surface area contributed by atoms with Crippen LogP contribution in [0.25, 0.3) is 0 Å². The van der Waals surface area contributed by atoms with Crippen LogP contribution in [0.15, 0.2) is 18.2 Å². The fraction of sp³-hybridized carbons (Fsp3) is 0.800. The van der Waals surface area contributed by atoms with Crippen molar-refractivity contribution in [1.82, 2.24) is 4.90 Å². The Kier molecular flexibility index (Phi) is 7.46. The SMILES string of the molecule is CCC1(CC)CCC(c2cc(N3CC(C)OC(C)C3)ccc2N2CCN(CC3CC3)CC2)CC1. The molecule has 1 aromatic carbocycles. The lowest BCUT2D eigenvalue weighted by molar-refractivity contribution is -0.00522. The molecule has 4 nitrogen and oxygen atoms in total. The number of hydrogen-bond donors (Lipinski definition) is 0. The molecule has 2 unspecified atom stereocenters. The second kappa shape index (κ2) is 10.4. The molecule has 190 valence electrons. The average Bonchev–Trinajstić information content (AvgIpc) is 3.68. The topological polar surface area (TPSA) is 19.0 Å². The van der Waals surface area contributed by atoms with Crippen LogP contribution in [0, 0.1) is 11.3 Å². The van der Waals surface area contributed by atoms with Crippen LogP contribution >= 0.6 is 0 Å². The predicted octanol–water partition coefficient (Wildman–Crippen LogP) is 6.30. The smallest absolute Gasteiger partial charge is 0.0726 e. The summed E-state index contributed by atoms with van der Waals surface area (Å²) < 4.78 is 6.04. The first kappa shape index (κ1) is 24.4. The zero-order valence-electron chi connectivity index (χ0n) is 22.4. The van der Waals surface area contributed by atoms with Crippen molar-refractivity contribution in [2.24, 2.45) is 11.3 Å². The molecular weight excluding hydrogens is 418 g/mol. The van der Waals surface area contributed by atoms with Gasteiger partial charge in [0.05, 0.1) is 12.2 Å². The molecule has 2 saturated carbocycles. The summed E-state index contributed by atoms with van der Waals surface area (Å²) in [4.78, 5) is 8.01. The van der Waals surface area contributed by atoms with Crippen molar-refractivity contribution in [3.8, 4) is 0 Å². The van der Waals surface area contributed by atoms with Gasteiger partial charge in [0.1, 0.15) is 0 Å². The monoisotopic (exact) mass is 467 g/mol. The summed E-state index contributed by atoms with van der Waals surface area (Å²) in [5, 5.41) is 0. The van der Waals surface area contributed by atoms with Crippen LogP contribution in [0.1, 0.15) is 90.5 Å². The van der Waals surface area contributed by atoms with Crippen LogP contribution in [0.2, 0.25) is 0 Å². The van der Waals surface area contributed by atoms with E-state index in [1.165, 1.54) is 95.5 Å². The number of anilines is 2. The maximum Gasteiger partial charge on any atom is 0.0726 e. The summed E-state index contributed by atoms with van der Waals surface area (Å²) in [7, 11) is 0. The second-order valence-electron chi connectivity index (χ2n) is 12.1. The van der Waals surface area contributed by atoms with Gasteiger partial charge in [-0.3, -0.25) is 4.90 Å². The molecule has 2 aliphatic carbocycles. The van der Waals surface area contributed by atoms with Gasteiger partial charge in [-0.1, -0.05) is 26.7 Å². The third-order valence-electron chi connectivity index (χ3n) is 9.71. The lowest BCUT2D eigenvalue weighted by Gasteiger charge is -2.42. The van der Waals surface area contributed by atoms with E-state index < -0.39 is 0 Å². The van der Waals surface area contributed by atoms with Crippen molar-refractivity contribution in [1.29, 1.82) is 0 Å². The zero-order chi connectivity index (χ0) is 23.7. The van der Waals surface area contributed by atoms with E-state index in [2.05, 4.69) is 60.6 Å². The van der Waals surface area contributed by atoms with Crippen molar-refractivity contribution < 1.29 is 4.74 Å². The van der Waals surface area contributed by atoms with Crippen LogP contribution in [0.5, 0.6) is 0 Å². The number of piperazine rings is 1. The van der Waals surface area contributed by atoms with Gasteiger partial charge in [-0.25, -0.2) is 0 Å². The molecule has 34 heavy (non-hydrogen) atoms. The molecule has 0 radical (unpaired) electrons. The first-order valence-corrected chi connectivity index (χ1v) is 14.5. The highest BCUT2D eigenvalue weighted by Gasteiger charge is 2.35. The van der Waals surface area contributed by atoms with Crippen molar-refractivity contribution >= 4 is 11.4 Å². The third-order valence-corrected chi connectivity index (χ3v) is 9.71. The van der Waals surface area contributed by atoms with Gasteiger partial charge in [0.25, 0.3) is 0 Å². The second-order valence-corrected chi connectivity index (χ2v) is 12.1. The molecule has 5 rings (SSSR count). The standard InChI is InChI=1S/C30H49N3O/c1-5-30(6-2)13-11-26(12-14-30)28-19-27(33-20-23(3)34-24(4)21-33)9-10-29(28)32-17-15-31(16-18-32)22-25-7-8-25/h9-10,19,23-26H,5-8,11-18,20-22H2,1-4H3. The third kappa shape index (κ3) is 5.43. The first-order chi connectivity index (χ1) is 16.5. The van der Waals surface area contributed by atoms with Gasteiger partial charge in [-0.15, -0.1) is 0 Å². The summed E-state index contributed by atoms with van der Waals surface area (Å²) in [6.45, 7) is 17.4. The molecule has 0 spiro atoms. The van der Waals surface area contributed by atoms with E-state index in [9.17, 15) is 0 Å². The molecule has 4 aliphatic rings. The fourth-order valence-electron chi connectivity index (χ4n) is 7.08. The summed E-state index contributed by atoms with van der Waals surface area (Å²) in [5.74, 6) is 1.71. The lowest BCUT2D eigenvalue weighted by Crippen LogP contribution is -2.47. The Hall–Kier alpha value is -1.26. The van der Waals surface area contributed by atoms with Crippen LogP contribution in [0.3, 0.4) is 0 Å². The molecular formula is C30H49N3O. The number of ether oxygens (including phenoxy) is 1. The van der Waals surface area contributed by atoms with E-state index in [0.29, 0.717) is 23.5 Å². The largest absolute Gasteiger partial charge is 0.372 e. The Balaban J connectivity index is 1.36. The number of hydrogen-bond acceptors (Lipinski definition) is 4. The van der Waals surface area contributed by atoms with Crippen LogP contribution in [0.4, 0.5) is 11.4 Å². The Bertz CT molecular complexity index is 789. The van der Waals surface area contributed by atoms with Crippen molar-refractivity contribution in [3.05, 3.63) is 23.8 Å². The number of morpholine rings is 1. The molecule has 0 amide bonds. The number of nitrogens with zero attached hydrogens (tertiary/aromatic N) is 3. The minimum Gasteiger partial charge on any atom is -0.372 e. The maximum atomic E-state index is 6.04. The van der Waals surface area contributed by atoms with Crippen LogP contribution < -0.4 is 9.80 Å². The van der Waals surface area contributed by atoms with E-state index in [4.69, 9.17) is 4.74 Å². The molecule has 2 heterocycles. The highest BCUT2D eigenvalue weighted by atomic mass is 16.5. The highest BCUT2D eigenvalue weighted by Crippen LogP contribution is 2.49. The molecule has 0 bridgehead atoms. The van der Waals surface area contributed by atoms with Crippen molar-refractivity contribution in [3.63, 3.8) is 0 Å². The molecule has 2 atom stereocenters. The summed E-state index contributed by atoms with van der Waals surface area (Å²) in [6.07, 6.45) is 11.7. The normalized spacial score (nSPS) is 28.9. The lowest BCUT2D eigenvalue weighted by atomic mass is 9.66. The van der Waals surface area contributed by atoms with E-state index in [1.807, 2.05) is 0 Å². The molecule has 2 aliphatic heterocycles. The molecule has 4 heteroatoms. The molecule has 0 N–H and O–H groups in total. The summed E-state index contributed by atoms with van der Waals surface area (Å²) >= 11 is 0. The van der Waals surface area contributed by atoms with Crippen LogP contribution in [-0.4, -0.2) is 62.9 Å². The van der Waals surface area contributed by atoms with Crippen molar-refractivity contribution in [2.45, 2.75) is 97.2 Å². The average molecular weight is 468 g/mol. The van der Waals surface area contributed by atoms with Gasteiger partial charge >= 0.3 is 0 Å². The molecule has 0 aromatic heterocycles. The first-order valence-electron chi connectivity index (χ1n) is 14.5. The van der Waals surface area contributed by atoms with E-state index in [-0.39, 0.29) is 0 Å². The van der Waals surface area contributed by atoms with Gasteiger partial charge in [0.15, 0.2) is 0 Å². The molecule has 1 aromatic rings. The van der Waals surface area contributed by atoms with Crippen LogP contribution in [-0.2, 0) is 4.74 Å². The highest BCUT2D eigenvalue weighted by molar-refractivity contribution is 5.64. The van der Waals surface area contributed by atoms with Gasteiger partial charge in [-0.2, -0.15) is 0 Å². The number of rotatable bonds is 7. The Morgan fingerprint density at radius 2 is 1.50 bits per heavy atom. The zero-order valence-corrected chi connectivity index (χ0v) is 22.4. The van der Waals surface area contributed by atoms with E-state index >= 15 is 0 Å². The Morgan fingerprint density at radius 1 is 0.853 bits per heavy atom. The van der Waals surface area contributed by atoms with Gasteiger partial charge in [0.2, 0.25) is 0 Å². The van der Waals surface area contributed by atoms with Gasteiger partial charge in [0, 0.05) is 57.2 Å². The minimum absolute atomic E-state index is 0.302. The fourth-order valence-corrected chi connectivity index (χ4v) is 7.08. The Labute approximate surface area is 209 Å². The molecule has 4 fully saturated rings. The Morgan fingerprint density at radius 3 is 2.09 bits per heavy atom. The summed E-state index contributed by atoms with van der Waals surface area (Å²) in [6, 6.07) is 7.48.